The fourth-order valence-corrected chi connectivity index (χ4v) is 2.59. The number of hydrogen-bond donors (Lipinski definition) is 3. The van der Waals surface area contributed by atoms with Crippen LogP contribution in [0.4, 0.5) is 4.79 Å². The lowest BCUT2D eigenvalue weighted by Gasteiger charge is -2.09. The summed E-state index contributed by atoms with van der Waals surface area (Å²) in [5, 5.41) is 14.0. The van der Waals surface area contributed by atoms with Crippen LogP contribution in [0, 0.1) is 0 Å². The first-order valence-electron chi connectivity index (χ1n) is 7.86. The molecule has 124 valence electrons. The van der Waals surface area contributed by atoms with Crippen molar-refractivity contribution in [1.29, 1.82) is 0 Å². The third kappa shape index (κ3) is 3.91. The number of para-hydroxylation sites is 2. The van der Waals surface area contributed by atoms with Crippen LogP contribution in [0.5, 0.6) is 0 Å². The van der Waals surface area contributed by atoms with E-state index in [2.05, 4.69) is 38.4 Å². The van der Waals surface area contributed by atoms with Gasteiger partial charge in [-0.3, -0.25) is 0 Å². The van der Waals surface area contributed by atoms with Gasteiger partial charge in [0.25, 0.3) is 0 Å². The number of amides is 2. The van der Waals surface area contributed by atoms with Crippen LogP contribution in [0.15, 0.2) is 54.9 Å². The maximum atomic E-state index is 11.5. The molecule has 24 heavy (non-hydrogen) atoms. The second-order valence-electron chi connectivity index (χ2n) is 5.51. The van der Waals surface area contributed by atoms with Gasteiger partial charge in [0, 0.05) is 19.6 Å². The standard InChI is InChI=1S/C18H20N4O2/c23-9-8-19-18(24)20-11-14-4-3-5-15(10-14)12-22-13-21-16-6-1-2-7-17(16)22/h1-7,10,13,23H,8-9,11-12H2,(H2,19,20,24). The normalized spacial score (nSPS) is 10.7. The highest BCUT2D eigenvalue weighted by atomic mass is 16.3. The quantitative estimate of drug-likeness (QED) is 0.648. The third-order valence-electron chi connectivity index (χ3n) is 3.72. The number of carbonyl (C=O) groups is 1. The maximum Gasteiger partial charge on any atom is 0.315 e. The first-order chi connectivity index (χ1) is 11.8. The van der Waals surface area contributed by atoms with E-state index in [-0.39, 0.29) is 19.2 Å². The molecule has 0 unspecified atom stereocenters. The number of rotatable bonds is 6. The molecule has 1 heterocycles. The molecule has 3 N–H and O–H groups in total. The van der Waals surface area contributed by atoms with E-state index < -0.39 is 0 Å². The Morgan fingerprint density at radius 2 is 1.92 bits per heavy atom. The number of hydrogen-bond acceptors (Lipinski definition) is 3. The van der Waals surface area contributed by atoms with Crippen LogP contribution in [-0.2, 0) is 13.1 Å². The molecular weight excluding hydrogens is 304 g/mol. The molecule has 3 rings (SSSR count). The molecule has 0 saturated carbocycles. The van der Waals surface area contributed by atoms with Gasteiger partial charge in [0.15, 0.2) is 0 Å². The van der Waals surface area contributed by atoms with Crippen LogP contribution < -0.4 is 10.6 Å². The Morgan fingerprint density at radius 3 is 2.79 bits per heavy atom. The van der Waals surface area contributed by atoms with Crippen molar-refractivity contribution in [3.63, 3.8) is 0 Å². The highest BCUT2D eigenvalue weighted by molar-refractivity contribution is 5.75. The summed E-state index contributed by atoms with van der Waals surface area (Å²) in [4.78, 5) is 15.9. The van der Waals surface area contributed by atoms with Crippen LogP contribution in [0.2, 0.25) is 0 Å². The number of carbonyl (C=O) groups excluding carboxylic acids is 1. The molecule has 3 aromatic rings. The second kappa shape index (κ2) is 7.61. The number of aliphatic hydroxyl groups is 1. The summed E-state index contributed by atoms with van der Waals surface area (Å²) < 4.78 is 2.11. The predicted octanol–water partition coefficient (Wildman–Crippen LogP) is 1.88. The Kier molecular flexibility index (Phi) is 5.08. The molecule has 2 aromatic carbocycles. The minimum absolute atomic E-state index is 0.0677. The summed E-state index contributed by atoms with van der Waals surface area (Å²) in [5.41, 5.74) is 4.25. The van der Waals surface area contributed by atoms with Crippen LogP contribution in [0.1, 0.15) is 11.1 Å². The van der Waals surface area contributed by atoms with Crippen molar-refractivity contribution in [1.82, 2.24) is 20.2 Å². The SMILES string of the molecule is O=C(NCCO)NCc1cccc(Cn2cnc3ccccc32)c1. The minimum atomic E-state index is -0.282. The lowest BCUT2D eigenvalue weighted by atomic mass is 10.1. The van der Waals surface area contributed by atoms with Crippen LogP contribution in [-0.4, -0.2) is 33.8 Å². The Labute approximate surface area is 140 Å². The molecule has 0 fully saturated rings. The van der Waals surface area contributed by atoms with E-state index in [4.69, 9.17) is 5.11 Å². The van der Waals surface area contributed by atoms with Crippen molar-refractivity contribution < 1.29 is 9.90 Å². The number of urea groups is 1. The van der Waals surface area contributed by atoms with Gasteiger partial charge in [-0.05, 0) is 23.3 Å². The number of nitrogens with one attached hydrogen (secondary N) is 2. The van der Waals surface area contributed by atoms with Gasteiger partial charge in [-0.2, -0.15) is 0 Å². The van der Waals surface area contributed by atoms with Crippen molar-refractivity contribution >= 4 is 17.1 Å². The fourth-order valence-electron chi connectivity index (χ4n) is 2.59. The molecule has 0 radical (unpaired) electrons. The molecule has 0 aliphatic heterocycles. The summed E-state index contributed by atoms with van der Waals surface area (Å²) in [7, 11) is 0. The molecule has 6 nitrogen and oxygen atoms in total. The van der Waals surface area contributed by atoms with E-state index in [1.54, 1.807) is 0 Å². The zero-order chi connectivity index (χ0) is 16.8. The second-order valence-corrected chi connectivity index (χ2v) is 5.51. The van der Waals surface area contributed by atoms with Gasteiger partial charge in [-0.25, -0.2) is 9.78 Å². The predicted molar refractivity (Wildman–Crippen MR) is 92.6 cm³/mol. The smallest absolute Gasteiger partial charge is 0.315 e. The zero-order valence-corrected chi connectivity index (χ0v) is 13.3. The van der Waals surface area contributed by atoms with E-state index in [1.807, 2.05) is 36.7 Å². The van der Waals surface area contributed by atoms with Gasteiger partial charge in [-0.15, -0.1) is 0 Å². The molecule has 0 aliphatic rings. The molecule has 0 bridgehead atoms. The summed E-state index contributed by atoms with van der Waals surface area (Å²) >= 11 is 0. The highest BCUT2D eigenvalue weighted by Crippen LogP contribution is 2.14. The van der Waals surface area contributed by atoms with E-state index in [0.29, 0.717) is 6.54 Å². The molecule has 0 aliphatic carbocycles. The van der Waals surface area contributed by atoms with Gasteiger partial charge in [0.1, 0.15) is 0 Å². The molecule has 0 saturated heterocycles. The summed E-state index contributed by atoms with van der Waals surface area (Å²) in [6, 6.07) is 15.8. The Morgan fingerprint density at radius 1 is 1.08 bits per heavy atom. The number of fused-ring (bicyclic) bond motifs is 1. The number of imidazole rings is 1. The van der Waals surface area contributed by atoms with Crippen LogP contribution in [0.3, 0.4) is 0 Å². The number of benzene rings is 2. The Hall–Kier alpha value is -2.86. The average molecular weight is 324 g/mol. The largest absolute Gasteiger partial charge is 0.395 e. The number of aliphatic hydroxyl groups excluding tert-OH is 1. The maximum absolute atomic E-state index is 11.5. The van der Waals surface area contributed by atoms with Crippen molar-refractivity contribution in [3.05, 3.63) is 66.0 Å². The van der Waals surface area contributed by atoms with Crippen molar-refractivity contribution in [2.75, 3.05) is 13.2 Å². The van der Waals surface area contributed by atoms with E-state index >= 15 is 0 Å². The van der Waals surface area contributed by atoms with E-state index in [9.17, 15) is 4.79 Å². The van der Waals surface area contributed by atoms with Crippen LogP contribution in [0.25, 0.3) is 11.0 Å². The monoisotopic (exact) mass is 324 g/mol. The van der Waals surface area contributed by atoms with Crippen LogP contribution >= 0.6 is 0 Å². The summed E-state index contributed by atoms with van der Waals surface area (Å²) in [6.45, 7) is 1.35. The summed E-state index contributed by atoms with van der Waals surface area (Å²) in [6.07, 6.45) is 1.85. The molecular formula is C18H20N4O2. The van der Waals surface area contributed by atoms with Crippen molar-refractivity contribution in [2.24, 2.45) is 0 Å². The van der Waals surface area contributed by atoms with E-state index in [0.717, 1.165) is 28.7 Å². The lowest BCUT2D eigenvalue weighted by molar-refractivity contribution is 0.234. The highest BCUT2D eigenvalue weighted by Gasteiger charge is 2.04. The average Bonchev–Trinajstić information content (AvgIpc) is 3.02. The number of nitrogens with zero attached hydrogens (tertiary/aromatic N) is 2. The van der Waals surface area contributed by atoms with Gasteiger partial charge in [0.05, 0.1) is 24.0 Å². The van der Waals surface area contributed by atoms with E-state index in [1.165, 1.54) is 0 Å². The molecule has 6 heteroatoms. The molecule has 2 amide bonds. The Balaban J connectivity index is 1.66. The van der Waals surface area contributed by atoms with Crippen molar-refractivity contribution in [2.45, 2.75) is 13.1 Å². The minimum Gasteiger partial charge on any atom is -0.395 e. The van der Waals surface area contributed by atoms with Gasteiger partial charge < -0.3 is 20.3 Å². The first-order valence-corrected chi connectivity index (χ1v) is 7.86. The first kappa shape index (κ1) is 16.0. The van der Waals surface area contributed by atoms with Gasteiger partial charge in [0.2, 0.25) is 0 Å². The zero-order valence-electron chi connectivity index (χ0n) is 13.3. The van der Waals surface area contributed by atoms with Gasteiger partial charge >= 0.3 is 6.03 Å². The fraction of sp³-hybridized carbons (Fsp3) is 0.222. The molecule has 0 spiro atoms. The third-order valence-corrected chi connectivity index (χ3v) is 3.72. The molecule has 1 aromatic heterocycles. The number of aromatic nitrogens is 2. The Bertz CT molecular complexity index is 829. The van der Waals surface area contributed by atoms with Crippen molar-refractivity contribution in [3.8, 4) is 0 Å². The summed E-state index contributed by atoms with van der Waals surface area (Å²) in [5.74, 6) is 0. The topological polar surface area (TPSA) is 79.2 Å². The molecule has 0 atom stereocenters. The van der Waals surface area contributed by atoms with Gasteiger partial charge in [-0.1, -0.05) is 36.4 Å². The lowest BCUT2D eigenvalue weighted by Crippen LogP contribution is -2.36.